The highest BCUT2D eigenvalue weighted by molar-refractivity contribution is 9.12. The fraction of sp³-hybridized carbons (Fsp3) is 0.524. The number of alkyl halides is 2. The van der Waals surface area contributed by atoms with Gasteiger partial charge in [0.05, 0.1) is 24.6 Å². The van der Waals surface area contributed by atoms with E-state index in [1.165, 1.54) is 20.1 Å². The molecule has 0 aromatic heterocycles. The van der Waals surface area contributed by atoms with E-state index in [2.05, 4.69) is 37.2 Å². The molecule has 172 valence electrons. The fourth-order valence-corrected chi connectivity index (χ4v) is 7.13. The van der Waals surface area contributed by atoms with E-state index in [1.54, 1.807) is 12.1 Å². The largest absolute Gasteiger partial charge is 0.495 e. The van der Waals surface area contributed by atoms with Crippen LogP contribution >= 0.6 is 43.5 Å². The van der Waals surface area contributed by atoms with Gasteiger partial charge in [0.25, 0.3) is 5.91 Å². The Kier molecular flexibility index (Phi) is 6.57. The van der Waals surface area contributed by atoms with Gasteiger partial charge in [-0.2, -0.15) is 0 Å². The van der Waals surface area contributed by atoms with Crippen LogP contribution in [0.1, 0.15) is 13.3 Å². The number of carbonyl (C=O) groups excluding carboxylic acids is 4. The predicted molar refractivity (Wildman–Crippen MR) is 123 cm³/mol. The summed E-state index contributed by atoms with van der Waals surface area (Å²) >= 11 is 13.2. The van der Waals surface area contributed by atoms with Crippen LogP contribution in [-0.4, -0.2) is 58.0 Å². The van der Waals surface area contributed by atoms with Gasteiger partial charge in [-0.3, -0.25) is 19.3 Å². The highest BCUT2D eigenvalue weighted by Crippen LogP contribution is 2.60. The van der Waals surface area contributed by atoms with Crippen molar-refractivity contribution in [3.63, 3.8) is 0 Å². The van der Waals surface area contributed by atoms with Crippen LogP contribution in [0.3, 0.4) is 0 Å². The van der Waals surface area contributed by atoms with E-state index < -0.39 is 36.4 Å². The maximum atomic E-state index is 13.0. The van der Waals surface area contributed by atoms with E-state index in [9.17, 15) is 19.2 Å². The number of benzene rings is 1. The summed E-state index contributed by atoms with van der Waals surface area (Å²) in [5, 5.41) is 2.96. The molecule has 2 saturated carbocycles. The minimum absolute atomic E-state index is 0.0532. The standard InChI is InChI=1S/C21H21Br2ClN2O6/c1-8(21(30)32-7-14(27)25-12-5-9(24)3-4-13(12)31-2)26-19(28)15-10-6-11(16(15)20(26)29)18(23)17(10)22/h3-5,8,10-11,15-18H,6-7H2,1-2H3,(H,25,27)/t8-,10+,11+,15+,16+,17-,18+/m0/s1. The van der Waals surface area contributed by atoms with Gasteiger partial charge < -0.3 is 14.8 Å². The van der Waals surface area contributed by atoms with Crippen LogP contribution in [0, 0.1) is 23.7 Å². The number of likely N-dealkylation sites (tertiary alicyclic amines) is 1. The summed E-state index contributed by atoms with van der Waals surface area (Å²) in [7, 11) is 1.45. The molecule has 2 bridgehead atoms. The Morgan fingerprint density at radius 2 is 1.78 bits per heavy atom. The molecule has 11 heteroatoms. The van der Waals surface area contributed by atoms with Gasteiger partial charge in [0.1, 0.15) is 11.8 Å². The Balaban J connectivity index is 1.37. The van der Waals surface area contributed by atoms with Crippen molar-refractivity contribution in [3.8, 4) is 5.75 Å². The topological polar surface area (TPSA) is 102 Å². The van der Waals surface area contributed by atoms with Crippen LogP contribution in [0.5, 0.6) is 5.75 Å². The van der Waals surface area contributed by atoms with Gasteiger partial charge in [-0.25, -0.2) is 4.79 Å². The van der Waals surface area contributed by atoms with E-state index in [-0.39, 0.29) is 33.3 Å². The minimum atomic E-state index is -1.11. The predicted octanol–water partition coefficient (Wildman–Crippen LogP) is 3.00. The van der Waals surface area contributed by atoms with Gasteiger partial charge in [0.2, 0.25) is 11.8 Å². The average Bonchev–Trinajstić information content (AvgIpc) is 3.36. The number of halogens is 3. The monoisotopic (exact) mass is 590 g/mol. The lowest BCUT2D eigenvalue weighted by Gasteiger charge is -2.28. The Labute approximate surface area is 206 Å². The summed E-state index contributed by atoms with van der Waals surface area (Å²) in [6, 6.07) is 3.59. The number of fused-ring (bicyclic) bond motifs is 5. The van der Waals surface area contributed by atoms with E-state index in [4.69, 9.17) is 21.1 Å². The zero-order valence-corrected chi connectivity index (χ0v) is 21.1. The lowest BCUT2D eigenvalue weighted by atomic mass is 9.81. The van der Waals surface area contributed by atoms with Gasteiger partial charge in [0.15, 0.2) is 6.61 Å². The minimum Gasteiger partial charge on any atom is -0.495 e. The van der Waals surface area contributed by atoms with Crippen molar-refractivity contribution in [3.05, 3.63) is 23.2 Å². The number of nitrogens with one attached hydrogen (secondary N) is 1. The number of ether oxygens (including phenoxy) is 2. The highest BCUT2D eigenvalue weighted by atomic mass is 79.9. The smallest absolute Gasteiger partial charge is 0.329 e. The number of anilines is 1. The van der Waals surface area contributed by atoms with Crippen molar-refractivity contribution in [2.24, 2.45) is 23.7 Å². The molecule has 8 nitrogen and oxygen atoms in total. The SMILES string of the molecule is COc1ccc(Cl)cc1NC(=O)COC(=O)[C@H](C)N1C(=O)[C@@H]2[C@H]3C[C@@H]([C@@H](Br)[C@H]3Br)[C@H]2C1=O. The molecular formula is C21H21Br2ClN2O6. The molecule has 7 atom stereocenters. The zero-order chi connectivity index (χ0) is 23.3. The second-order valence-corrected chi connectivity index (χ2v) is 10.8. The highest BCUT2D eigenvalue weighted by Gasteiger charge is 2.67. The van der Waals surface area contributed by atoms with Gasteiger partial charge in [-0.05, 0) is 43.4 Å². The second kappa shape index (κ2) is 8.95. The normalized spacial score (nSPS) is 31.5. The molecule has 0 spiro atoms. The number of hydrogen-bond donors (Lipinski definition) is 1. The molecule has 4 rings (SSSR count). The lowest BCUT2D eigenvalue weighted by Crippen LogP contribution is -2.45. The van der Waals surface area contributed by atoms with Crippen molar-refractivity contribution in [1.82, 2.24) is 4.90 Å². The lowest BCUT2D eigenvalue weighted by molar-refractivity contribution is -0.159. The third-order valence-corrected chi connectivity index (χ3v) is 9.97. The Morgan fingerprint density at radius 3 is 2.34 bits per heavy atom. The average molecular weight is 593 g/mol. The first-order valence-electron chi connectivity index (χ1n) is 10.1. The van der Waals surface area contributed by atoms with Crippen molar-refractivity contribution >= 4 is 72.8 Å². The first kappa shape index (κ1) is 23.5. The molecule has 1 heterocycles. The van der Waals surface area contributed by atoms with Crippen LogP contribution in [0.2, 0.25) is 5.02 Å². The second-order valence-electron chi connectivity index (χ2n) is 8.23. The summed E-state index contributed by atoms with van der Waals surface area (Å²) in [6.07, 6.45) is 0.804. The Bertz CT molecular complexity index is 959. The van der Waals surface area contributed by atoms with Gasteiger partial charge >= 0.3 is 5.97 Å². The molecule has 3 amide bonds. The first-order chi connectivity index (χ1) is 15.1. The van der Waals surface area contributed by atoms with Gasteiger partial charge in [-0.1, -0.05) is 43.5 Å². The summed E-state index contributed by atoms with van der Waals surface area (Å²) in [4.78, 5) is 52.1. The third kappa shape index (κ3) is 3.84. The van der Waals surface area contributed by atoms with Crippen LogP contribution in [0.15, 0.2) is 18.2 Å². The molecule has 0 unspecified atom stereocenters. The number of rotatable bonds is 6. The van der Waals surface area contributed by atoms with Crippen LogP contribution in [0.4, 0.5) is 5.69 Å². The summed E-state index contributed by atoms with van der Waals surface area (Å²) in [5.74, 6) is -2.44. The fourth-order valence-electron chi connectivity index (χ4n) is 5.08. The molecule has 1 aliphatic heterocycles. The molecule has 1 N–H and O–H groups in total. The molecular weight excluding hydrogens is 572 g/mol. The first-order valence-corrected chi connectivity index (χ1v) is 12.3. The van der Waals surface area contributed by atoms with Crippen molar-refractivity contribution < 1.29 is 28.7 Å². The van der Waals surface area contributed by atoms with Crippen molar-refractivity contribution in [2.75, 3.05) is 19.0 Å². The maximum absolute atomic E-state index is 13.0. The van der Waals surface area contributed by atoms with Crippen molar-refractivity contribution in [2.45, 2.75) is 29.0 Å². The summed E-state index contributed by atoms with van der Waals surface area (Å²) in [5.41, 5.74) is 0.330. The molecule has 1 aromatic rings. The van der Waals surface area contributed by atoms with Crippen LogP contribution < -0.4 is 10.1 Å². The molecule has 2 aliphatic carbocycles. The van der Waals surface area contributed by atoms with E-state index >= 15 is 0 Å². The zero-order valence-electron chi connectivity index (χ0n) is 17.2. The van der Waals surface area contributed by atoms with Crippen LogP contribution in [-0.2, 0) is 23.9 Å². The van der Waals surface area contributed by atoms with Crippen LogP contribution in [0.25, 0.3) is 0 Å². The number of imide groups is 1. The van der Waals surface area contributed by atoms with E-state index in [0.717, 1.165) is 11.3 Å². The number of carbonyl (C=O) groups is 4. The molecule has 0 radical (unpaired) electrons. The van der Waals surface area contributed by atoms with E-state index in [0.29, 0.717) is 16.5 Å². The number of amides is 3. The molecule has 3 fully saturated rings. The molecule has 3 aliphatic rings. The Morgan fingerprint density at radius 1 is 1.19 bits per heavy atom. The van der Waals surface area contributed by atoms with Gasteiger partial charge in [0, 0.05) is 14.7 Å². The molecule has 32 heavy (non-hydrogen) atoms. The van der Waals surface area contributed by atoms with Gasteiger partial charge in [-0.15, -0.1) is 0 Å². The Hall–Kier alpha value is -1.65. The number of hydrogen-bond acceptors (Lipinski definition) is 6. The summed E-state index contributed by atoms with van der Waals surface area (Å²) in [6.45, 7) is 0.857. The quantitative estimate of drug-likeness (QED) is 0.310. The summed E-state index contributed by atoms with van der Waals surface area (Å²) < 4.78 is 10.3. The van der Waals surface area contributed by atoms with E-state index in [1.807, 2.05) is 0 Å². The number of methoxy groups -OCH3 is 1. The number of esters is 1. The van der Waals surface area contributed by atoms with Crippen molar-refractivity contribution in [1.29, 1.82) is 0 Å². The number of nitrogens with zero attached hydrogens (tertiary/aromatic N) is 1. The molecule has 1 aromatic carbocycles. The third-order valence-electron chi connectivity index (χ3n) is 6.53. The molecule has 1 saturated heterocycles. The maximum Gasteiger partial charge on any atom is 0.329 e.